The lowest BCUT2D eigenvalue weighted by atomic mass is 10.3. The number of amides is 1. The summed E-state index contributed by atoms with van der Waals surface area (Å²) in [4.78, 5) is 11.9. The summed E-state index contributed by atoms with van der Waals surface area (Å²) in [7, 11) is 0. The van der Waals surface area contributed by atoms with Crippen molar-refractivity contribution in [2.24, 2.45) is 0 Å². The molecule has 1 amide bonds. The molecule has 22 heavy (non-hydrogen) atoms. The van der Waals surface area contributed by atoms with Crippen molar-refractivity contribution in [2.75, 3.05) is 18.5 Å². The molecule has 0 fully saturated rings. The summed E-state index contributed by atoms with van der Waals surface area (Å²) in [5.41, 5.74) is 0.675. The third kappa shape index (κ3) is 5.03. The van der Waals surface area contributed by atoms with Crippen LogP contribution >= 0.6 is 31.9 Å². The highest BCUT2D eigenvalue weighted by Gasteiger charge is 2.07. The number of carbonyl (C=O) groups excluding carboxylic acids is 1. The second-order valence-corrected chi connectivity index (χ2v) is 6.14. The number of nitrogens with one attached hydrogen (secondary N) is 1. The molecule has 6 heteroatoms. The van der Waals surface area contributed by atoms with Crippen LogP contribution in [0.25, 0.3) is 0 Å². The highest BCUT2D eigenvalue weighted by Crippen LogP contribution is 2.28. The SMILES string of the molecule is CCOc1cccc(NC(=O)COc2ccc(Br)cc2Br)c1. The molecule has 0 saturated heterocycles. The first-order chi connectivity index (χ1) is 10.6. The summed E-state index contributed by atoms with van der Waals surface area (Å²) in [6.07, 6.45) is 0. The first-order valence-electron chi connectivity index (χ1n) is 6.69. The monoisotopic (exact) mass is 427 g/mol. The van der Waals surface area contributed by atoms with Gasteiger partial charge in [-0.05, 0) is 53.2 Å². The van der Waals surface area contributed by atoms with E-state index < -0.39 is 0 Å². The van der Waals surface area contributed by atoms with Gasteiger partial charge in [0.25, 0.3) is 5.91 Å². The zero-order chi connectivity index (χ0) is 15.9. The van der Waals surface area contributed by atoms with E-state index in [4.69, 9.17) is 9.47 Å². The van der Waals surface area contributed by atoms with E-state index in [9.17, 15) is 4.79 Å². The lowest BCUT2D eigenvalue weighted by molar-refractivity contribution is -0.118. The summed E-state index contributed by atoms with van der Waals surface area (Å²) < 4.78 is 12.6. The van der Waals surface area contributed by atoms with Crippen LogP contribution < -0.4 is 14.8 Å². The number of ether oxygens (including phenoxy) is 2. The van der Waals surface area contributed by atoms with Crippen LogP contribution in [-0.4, -0.2) is 19.1 Å². The van der Waals surface area contributed by atoms with E-state index >= 15 is 0 Å². The summed E-state index contributed by atoms with van der Waals surface area (Å²) >= 11 is 6.75. The Bertz CT molecular complexity index is 662. The van der Waals surface area contributed by atoms with Gasteiger partial charge < -0.3 is 14.8 Å². The van der Waals surface area contributed by atoms with Crippen LogP contribution in [0.5, 0.6) is 11.5 Å². The van der Waals surface area contributed by atoms with Crippen molar-refractivity contribution in [1.29, 1.82) is 0 Å². The molecule has 0 heterocycles. The maximum absolute atomic E-state index is 11.9. The number of hydrogen-bond acceptors (Lipinski definition) is 3. The van der Waals surface area contributed by atoms with Gasteiger partial charge in [0.15, 0.2) is 6.61 Å². The Balaban J connectivity index is 1.91. The van der Waals surface area contributed by atoms with E-state index in [1.807, 2.05) is 31.2 Å². The van der Waals surface area contributed by atoms with Crippen LogP contribution in [0.2, 0.25) is 0 Å². The molecule has 0 atom stereocenters. The molecule has 0 unspecified atom stereocenters. The molecule has 0 saturated carbocycles. The van der Waals surface area contributed by atoms with E-state index in [-0.39, 0.29) is 12.5 Å². The van der Waals surface area contributed by atoms with Crippen molar-refractivity contribution in [2.45, 2.75) is 6.92 Å². The number of anilines is 1. The topological polar surface area (TPSA) is 47.6 Å². The van der Waals surface area contributed by atoms with Gasteiger partial charge >= 0.3 is 0 Å². The summed E-state index contributed by atoms with van der Waals surface area (Å²) in [5, 5.41) is 2.77. The molecule has 0 bridgehead atoms. The fourth-order valence-electron chi connectivity index (χ4n) is 1.76. The van der Waals surface area contributed by atoms with Gasteiger partial charge in [-0.3, -0.25) is 4.79 Å². The normalized spacial score (nSPS) is 10.1. The smallest absolute Gasteiger partial charge is 0.262 e. The molecule has 0 aliphatic heterocycles. The van der Waals surface area contributed by atoms with E-state index in [1.54, 1.807) is 18.2 Å². The molecular formula is C16H15Br2NO3. The molecule has 4 nitrogen and oxygen atoms in total. The van der Waals surface area contributed by atoms with Crippen molar-refractivity contribution in [3.8, 4) is 11.5 Å². The zero-order valence-electron chi connectivity index (χ0n) is 11.9. The Labute approximate surface area is 146 Å². The third-order valence-electron chi connectivity index (χ3n) is 2.68. The minimum atomic E-state index is -0.233. The zero-order valence-corrected chi connectivity index (χ0v) is 15.1. The first-order valence-corrected chi connectivity index (χ1v) is 8.27. The number of carbonyl (C=O) groups is 1. The molecule has 0 aliphatic rings. The van der Waals surface area contributed by atoms with E-state index in [2.05, 4.69) is 37.2 Å². The maximum atomic E-state index is 11.9. The summed E-state index contributed by atoms with van der Waals surface area (Å²) in [6, 6.07) is 12.7. The fraction of sp³-hybridized carbons (Fsp3) is 0.188. The molecule has 1 N–H and O–H groups in total. The predicted octanol–water partition coefficient (Wildman–Crippen LogP) is 4.63. The van der Waals surface area contributed by atoms with Gasteiger partial charge in [-0.1, -0.05) is 22.0 Å². The van der Waals surface area contributed by atoms with Crippen molar-refractivity contribution < 1.29 is 14.3 Å². The summed E-state index contributed by atoms with van der Waals surface area (Å²) in [5.74, 6) is 1.10. The molecule has 116 valence electrons. The molecule has 0 spiro atoms. The van der Waals surface area contributed by atoms with Gasteiger partial charge in [-0.15, -0.1) is 0 Å². The predicted molar refractivity (Wildman–Crippen MR) is 93.6 cm³/mol. The molecule has 2 aromatic carbocycles. The Morgan fingerprint density at radius 2 is 1.95 bits per heavy atom. The van der Waals surface area contributed by atoms with Crippen LogP contribution in [0.4, 0.5) is 5.69 Å². The molecule has 0 aliphatic carbocycles. The van der Waals surface area contributed by atoms with Crippen LogP contribution in [-0.2, 0) is 4.79 Å². The third-order valence-corrected chi connectivity index (χ3v) is 3.79. The van der Waals surface area contributed by atoms with Gasteiger partial charge in [0.2, 0.25) is 0 Å². The Morgan fingerprint density at radius 1 is 1.14 bits per heavy atom. The standard InChI is InChI=1S/C16H15Br2NO3/c1-2-21-13-5-3-4-12(9-13)19-16(20)10-22-15-7-6-11(17)8-14(15)18/h3-9H,2,10H2,1H3,(H,19,20). The Kier molecular flexibility index (Phi) is 6.27. The highest BCUT2D eigenvalue weighted by atomic mass is 79.9. The van der Waals surface area contributed by atoms with Crippen LogP contribution in [0.15, 0.2) is 51.4 Å². The minimum Gasteiger partial charge on any atom is -0.494 e. The number of hydrogen-bond donors (Lipinski definition) is 1. The number of rotatable bonds is 6. The second kappa shape index (κ2) is 8.19. The van der Waals surface area contributed by atoms with E-state index in [0.29, 0.717) is 18.0 Å². The van der Waals surface area contributed by atoms with E-state index in [0.717, 1.165) is 14.7 Å². The number of halogens is 2. The molecule has 0 radical (unpaired) electrons. The quantitative estimate of drug-likeness (QED) is 0.729. The largest absolute Gasteiger partial charge is 0.494 e. The fourth-order valence-corrected chi connectivity index (χ4v) is 2.92. The number of benzene rings is 2. The van der Waals surface area contributed by atoms with Crippen molar-refractivity contribution in [3.63, 3.8) is 0 Å². The van der Waals surface area contributed by atoms with Crippen molar-refractivity contribution in [3.05, 3.63) is 51.4 Å². The minimum absolute atomic E-state index is 0.0703. The summed E-state index contributed by atoms with van der Waals surface area (Å²) in [6.45, 7) is 2.42. The van der Waals surface area contributed by atoms with Gasteiger partial charge in [0.1, 0.15) is 11.5 Å². The van der Waals surface area contributed by atoms with Crippen molar-refractivity contribution in [1.82, 2.24) is 0 Å². The lowest BCUT2D eigenvalue weighted by Gasteiger charge is -2.10. The Morgan fingerprint density at radius 3 is 2.68 bits per heavy atom. The lowest BCUT2D eigenvalue weighted by Crippen LogP contribution is -2.20. The molecule has 2 rings (SSSR count). The average molecular weight is 429 g/mol. The van der Waals surface area contributed by atoms with Crippen LogP contribution in [0, 0.1) is 0 Å². The second-order valence-electron chi connectivity index (χ2n) is 4.37. The molecule has 2 aromatic rings. The van der Waals surface area contributed by atoms with Gasteiger partial charge in [-0.25, -0.2) is 0 Å². The van der Waals surface area contributed by atoms with Crippen molar-refractivity contribution >= 4 is 43.5 Å². The van der Waals surface area contributed by atoms with Gasteiger partial charge in [0.05, 0.1) is 11.1 Å². The maximum Gasteiger partial charge on any atom is 0.262 e. The molecule has 0 aromatic heterocycles. The molecular weight excluding hydrogens is 414 g/mol. The van der Waals surface area contributed by atoms with E-state index in [1.165, 1.54) is 0 Å². The first kappa shape index (κ1) is 16.8. The highest BCUT2D eigenvalue weighted by molar-refractivity contribution is 9.11. The van der Waals surface area contributed by atoms with Gasteiger partial charge in [0, 0.05) is 16.2 Å². The Hall–Kier alpha value is -1.53. The van der Waals surface area contributed by atoms with Gasteiger partial charge in [-0.2, -0.15) is 0 Å². The van der Waals surface area contributed by atoms with Crippen LogP contribution in [0.3, 0.4) is 0 Å². The van der Waals surface area contributed by atoms with Crippen LogP contribution in [0.1, 0.15) is 6.92 Å². The average Bonchev–Trinajstić information content (AvgIpc) is 2.47.